The number of hydrogen-bond acceptors (Lipinski definition) is 3. The second kappa shape index (κ2) is 11.6. The molecule has 0 saturated carbocycles. The molecule has 0 aromatic heterocycles. The van der Waals surface area contributed by atoms with Crippen LogP contribution in [0.4, 0.5) is 17.1 Å². The number of anilines is 3. The Kier molecular flexibility index (Phi) is 7.15. The van der Waals surface area contributed by atoms with Crippen molar-refractivity contribution >= 4 is 50.9 Å². The summed E-state index contributed by atoms with van der Waals surface area (Å²) in [5.41, 5.74) is 14.0. The van der Waals surface area contributed by atoms with Crippen LogP contribution in [0, 0.1) is 0 Å². The lowest BCUT2D eigenvalue weighted by molar-refractivity contribution is 0.450. The number of para-hydroxylation sites is 2. The minimum atomic E-state index is -0.382. The Labute approximate surface area is 325 Å². The highest BCUT2D eigenvalue weighted by Crippen LogP contribution is 2.59. The van der Waals surface area contributed by atoms with Gasteiger partial charge in [0.1, 0.15) is 23.0 Å². The van der Waals surface area contributed by atoms with Crippen molar-refractivity contribution in [1.29, 1.82) is 0 Å². The molecule has 0 bridgehead atoms. The summed E-state index contributed by atoms with van der Waals surface area (Å²) in [6, 6.07) is 48.9. The number of ether oxygens (including phenoxy) is 2. The maximum atomic E-state index is 7.30. The normalized spacial score (nSPS) is 14.6. The Bertz CT molecular complexity index is 2650. The molecule has 0 fully saturated rings. The third kappa shape index (κ3) is 5.03. The van der Waals surface area contributed by atoms with E-state index in [2.05, 4.69) is 194 Å². The van der Waals surface area contributed by atoms with Crippen LogP contribution in [0.5, 0.6) is 23.0 Å². The molecule has 270 valence electrons. The van der Waals surface area contributed by atoms with Crippen molar-refractivity contribution in [2.24, 2.45) is 0 Å². The van der Waals surface area contributed by atoms with Gasteiger partial charge in [-0.2, -0.15) is 0 Å². The maximum Gasteiger partial charge on any atom is 0.260 e. The van der Waals surface area contributed by atoms with Gasteiger partial charge in [0.25, 0.3) is 6.71 Å². The summed E-state index contributed by atoms with van der Waals surface area (Å²) in [6.07, 6.45) is 0. The zero-order valence-electron chi connectivity index (χ0n) is 33.0. The van der Waals surface area contributed by atoms with Gasteiger partial charge in [0, 0.05) is 33.2 Å². The van der Waals surface area contributed by atoms with Gasteiger partial charge in [0.15, 0.2) is 0 Å². The highest BCUT2D eigenvalue weighted by atomic mass is 16.5. The SMILES string of the molecule is CC(C)(C)c1ccc2c(c1)Oc1cc3c(c4c1B2c1ccc(C(C)(C)C)cc1O4)C(C)(C)c1cc(N(c2ccccc2)c2ccccc2)c2ccccc2c1-3. The van der Waals surface area contributed by atoms with Crippen LogP contribution in [-0.4, -0.2) is 6.71 Å². The highest BCUT2D eigenvalue weighted by molar-refractivity contribution is 6.98. The van der Waals surface area contributed by atoms with Gasteiger partial charge in [-0.05, 0) is 103 Å². The molecule has 7 aromatic carbocycles. The van der Waals surface area contributed by atoms with Gasteiger partial charge in [-0.1, -0.05) is 140 Å². The zero-order chi connectivity index (χ0) is 38.0. The molecule has 2 aliphatic heterocycles. The molecule has 0 unspecified atom stereocenters. The average Bonchev–Trinajstić information content (AvgIpc) is 3.40. The summed E-state index contributed by atoms with van der Waals surface area (Å²) in [4.78, 5) is 2.40. The number of benzene rings is 7. The minimum Gasteiger partial charge on any atom is -0.458 e. The van der Waals surface area contributed by atoms with Crippen molar-refractivity contribution in [3.8, 4) is 34.1 Å². The summed E-state index contributed by atoms with van der Waals surface area (Å²) in [5, 5.41) is 2.42. The molecule has 1 aliphatic carbocycles. The van der Waals surface area contributed by atoms with Gasteiger partial charge < -0.3 is 14.4 Å². The lowest BCUT2D eigenvalue weighted by atomic mass is 9.34. The molecular weight excluding hydrogens is 669 g/mol. The zero-order valence-corrected chi connectivity index (χ0v) is 33.0. The van der Waals surface area contributed by atoms with E-state index in [0.717, 1.165) is 45.5 Å². The second-order valence-electron chi connectivity index (χ2n) is 18.2. The van der Waals surface area contributed by atoms with E-state index in [1.807, 2.05) is 0 Å². The topological polar surface area (TPSA) is 21.7 Å². The summed E-state index contributed by atoms with van der Waals surface area (Å²) >= 11 is 0. The molecule has 0 amide bonds. The van der Waals surface area contributed by atoms with Crippen molar-refractivity contribution in [3.63, 3.8) is 0 Å². The van der Waals surface area contributed by atoms with Crippen molar-refractivity contribution in [2.45, 2.75) is 71.6 Å². The molecule has 3 nitrogen and oxygen atoms in total. The molecule has 3 aliphatic rings. The van der Waals surface area contributed by atoms with E-state index < -0.39 is 0 Å². The summed E-state index contributed by atoms with van der Waals surface area (Å²) in [5.74, 6) is 3.70. The molecule has 0 N–H and O–H groups in total. The van der Waals surface area contributed by atoms with Crippen molar-refractivity contribution < 1.29 is 9.47 Å². The lowest BCUT2D eigenvalue weighted by Crippen LogP contribution is -2.58. The van der Waals surface area contributed by atoms with Crippen LogP contribution in [0.3, 0.4) is 0 Å². The molecule has 10 rings (SSSR count). The Morgan fingerprint density at radius 2 is 1.07 bits per heavy atom. The van der Waals surface area contributed by atoms with Crippen LogP contribution in [0.15, 0.2) is 133 Å². The van der Waals surface area contributed by atoms with Crippen molar-refractivity contribution in [3.05, 3.63) is 156 Å². The van der Waals surface area contributed by atoms with E-state index in [1.165, 1.54) is 55.1 Å². The molecule has 0 atom stereocenters. The van der Waals surface area contributed by atoms with E-state index >= 15 is 0 Å². The molecule has 7 aromatic rings. The molecule has 0 saturated heterocycles. The average molecular weight is 716 g/mol. The first-order chi connectivity index (χ1) is 26.3. The predicted octanol–water partition coefficient (Wildman–Crippen LogP) is 11.9. The summed E-state index contributed by atoms with van der Waals surface area (Å²) in [6.45, 7) is 18.4. The van der Waals surface area contributed by atoms with Crippen LogP contribution >= 0.6 is 0 Å². The van der Waals surface area contributed by atoms with Gasteiger partial charge in [-0.15, -0.1) is 0 Å². The Morgan fingerprint density at radius 3 is 1.64 bits per heavy atom. The van der Waals surface area contributed by atoms with Crippen molar-refractivity contribution in [1.82, 2.24) is 0 Å². The summed E-state index contributed by atoms with van der Waals surface area (Å²) in [7, 11) is 0. The third-order valence-corrected chi connectivity index (χ3v) is 12.2. The largest absolute Gasteiger partial charge is 0.458 e. The monoisotopic (exact) mass is 715 g/mol. The van der Waals surface area contributed by atoms with Gasteiger partial charge in [-0.25, -0.2) is 0 Å². The summed E-state index contributed by atoms with van der Waals surface area (Å²) < 4.78 is 14.4. The fourth-order valence-electron chi connectivity index (χ4n) is 9.33. The van der Waals surface area contributed by atoms with Crippen molar-refractivity contribution in [2.75, 3.05) is 4.90 Å². The van der Waals surface area contributed by atoms with Crippen LogP contribution in [0.25, 0.3) is 21.9 Å². The molecule has 55 heavy (non-hydrogen) atoms. The third-order valence-electron chi connectivity index (χ3n) is 12.2. The number of hydrogen-bond donors (Lipinski definition) is 0. The molecular formula is C51H46BNO2. The number of rotatable bonds is 3. The number of fused-ring (bicyclic) bond motifs is 10. The van der Waals surface area contributed by atoms with E-state index in [-0.39, 0.29) is 23.0 Å². The second-order valence-corrected chi connectivity index (χ2v) is 18.2. The van der Waals surface area contributed by atoms with E-state index in [9.17, 15) is 0 Å². The van der Waals surface area contributed by atoms with Gasteiger partial charge in [-0.3, -0.25) is 0 Å². The Hall–Kier alpha value is -5.74. The predicted molar refractivity (Wildman–Crippen MR) is 231 cm³/mol. The minimum absolute atomic E-state index is 0.00990. The van der Waals surface area contributed by atoms with Gasteiger partial charge in [0.05, 0.1) is 5.69 Å². The fourth-order valence-corrected chi connectivity index (χ4v) is 9.33. The maximum absolute atomic E-state index is 7.30. The Balaban J connectivity index is 1.26. The van der Waals surface area contributed by atoms with Crippen LogP contribution in [0.2, 0.25) is 0 Å². The molecule has 2 heterocycles. The molecule has 0 spiro atoms. The number of nitrogens with zero attached hydrogens (tertiary/aromatic N) is 1. The fraction of sp³-hybridized carbons (Fsp3) is 0.216. The first-order valence-corrected chi connectivity index (χ1v) is 19.6. The van der Waals surface area contributed by atoms with E-state index in [4.69, 9.17) is 9.47 Å². The van der Waals surface area contributed by atoms with Crippen LogP contribution in [0.1, 0.15) is 77.6 Å². The van der Waals surface area contributed by atoms with Crippen LogP contribution < -0.4 is 30.8 Å². The first kappa shape index (κ1) is 33.8. The highest BCUT2D eigenvalue weighted by Gasteiger charge is 2.48. The lowest BCUT2D eigenvalue weighted by Gasteiger charge is -2.37. The Morgan fingerprint density at radius 1 is 0.545 bits per heavy atom. The standard InChI is InChI=1S/C51H46BNO2/c1-49(2,3)31-23-25-39-42(27-31)54-44-29-37-45-36-22-16-15-21-35(36)41(53(33-17-11-9-12-18-33)34-19-13-10-14-20-34)30-38(45)51(7,8)46(37)48-47(44)52(39)40-26-24-32(50(4,5)6)28-43(40)55-48/h9-30H,1-8H3. The quantitative estimate of drug-likeness (QED) is 0.170. The van der Waals surface area contributed by atoms with Gasteiger partial charge >= 0.3 is 0 Å². The van der Waals surface area contributed by atoms with E-state index in [1.54, 1.807) is 0 Å². The first-order valence-electron chi connectivity index (χ1n) is 19.6. The molecule has 0 radical (unpaired) electrons. The van der Waals surface area contributed by atoms with Gasteiger partial charge in [0.2, 0.25) is 0 Å². The molecule has 4 heteroatoms. The van der Waals surface area contributed by atoms with E-state index in [0.29, 0.717) is 0 Å². The smallest absolute Gasteiger partial charge is 0.260 e. The van der Waals surface area contributed by atoms with Crippen LogP contribution in [-0.2, 0) is 16.2 Å².